The van der Waals surface area contributed by atoms with E-state index in [9.17, 15) is 0 Å². The first-order chi connectivity index (χ1) is 10.1. The van der Waals surface area contributed by atoms with Gasteiger partial charge in [-0.15, -0.1) is 11.6 Å². The Labute approximate surface area is 141 Å². The van der Waals surface area contributed by atoms with Gasteiger partial charge in [0.15, 0.2) is 0 Å². The van der Waals surface area contributed by atoms with Crippen molar-refractivity contribution < 1.29 is 0 Å². The molecule has 0 radical (unpaired) electrons. The molecule has 5 heteroatoms. The minimum atomic E-state index is 0.135. The molecule has 0 saturated heterocycles. The first-order valence-electron chi connectivity index (χ1n) is 6.58. The van der Waals surface area contributed by atoms with Crippen molar-refractivity contribution in [3.8, 4) is 0 Å². The molecule has 0 aliphatic carbocycles. The van der Waals surface area contributed by atoms with Gasteiger partial charge in [-0.1, -0.05) is 39.7 Å². The molecule has 0 aliphatic heterocycles. The van der Waals surface area contributed by atoms with Crippen molar-refractivity contribution >= 4 is 50.2 Å². The van der Waals surface area contributed by atoms with E-state index in [-0.39, 0.29) is 6.04 Å². The zero-order chi connectivity index (χ0) is 15.0. The largest absolute Gasteiger partial charge is 0.320 e. The molecule has 3 rings (SSSR count). The summed E-state index contributed by atoms with van der Waals surface area (Å²) in [6.07, 6.45) is 0. The summed E-state index contributed by atoms with van der Waals surface area (Å²) < 4.78 is 3.21. The fourth-order valence-corrected chi connectivity index (χ4v) is 3.20. The van der Waals surface area contributed by atoms with Crippen molar-refractivity contribution in [3.63, 3.8) is 0 Å². The van der Waals surface area contributed by atoms with E-state index >= 15 is 0 Å². The van der Waals surface area contributed by atoms with Crippen LogP contribution >= 0.6 is 39.1 Å². The predicted molar refractivity (Wildman–Crippen MR) is 92.3 cm³/mol. The lowest BCUT2D eigenvalue weighted by molar-refractivity contribution is 0.634. The molecule has 21 heavy (non-hydrogen) atoms. The highest BCUT2D eigenvalue weighted by molar-refractivity contribution is 9.10. The summed E-state index contributed by atoms with van der Waals surface area (Å²) in [5.74, 6) is 1.25. The first kappa shape index (κ1) is 14.9. The smallest absolute Gasteiger partial charge is 0.125 e. The second-order valence-electron chi connectivity index (χ2n) is 4.89. The van der Waals surface area contributed by atoms with Crippen LogP contribution in [0.5, 0.6) is 0 Å². The highest BCUT2D eigenvalue weighted by Gasteiger charge is 2.17. The lowest BCUT2D eigenvalue weighted by Crippen LogP contribution is -2.09. The molecule has 1 unspecified atom stereocenters. The minimum absolute atomic E-state index is 0.135. The summed E-state index contributed by atoms with van der Waals surface area (Å²) in [5.41, 5.74) is 3.20. The number of hydrogen-bond donors (Lipinski definition) is 0. The standard InChI is InChI=1S/C16H13BrCl2N2/c1-10(11-2-5-13(19)6-3-11)21-15-8-12(17)4-7-14(15)20-16(21)9-18/h2-8,10H,9H2,1H3. The summed E-state index contributed by atoms with van der Waals surface area (Å²) in [5, 5.41) is 0.738. The van der Waals surface area contributed by atoms with Gasteiger partial charge in [-0.05, 0) is 42.8 Å². The summed E-state index contributed by atoms with van der Waals surface area (Å²) in [4.78, 5) is 4.62. The lowest BCUT2D eigenvalue weighted by atomic mass is 10.1. The monoisotopic (exact) mass is 382 g/mol. The van der Waals surface area contributed by atoms with E-state index in [1.54, 1.807) is 0 Å². The Bertz CT molecular complexity index is 781. The Kier molecular flexibility index (Phi) is 4.25. The molecule has 0 spiro atoms. The number of nitrogens with zero attached hydrogens (tertiary/aromatic N) is 2. The van der Waals surface area contributed by atoms with Crippen LogP contribution < -0.4 is 0 Å². The topological polar surface area (TPSA) is 17.8 Å². The molecule has 0 amide bonds. The van der Waals surface area contributed by atoms with Crippen molar-refractivity contribution in [3.05, 3.63) is 63.3 Å². The van der Waals surface area contributed by atoms with Gasteiger partial charge < -0.3 is 4.57 Å². The SMILES string of the molecule is CC(c1ccc(Cl)cc1)n1c(CCl)nc2ccc(Br)cc21. The first-order valence-corrected chi connectivity index (χ1v) is 8.28. The van der Waals surface area contributed by atoms with Gasteiger partial charge in [-0.25, -0.2) is 4.98 Å². The van der Waals surface area contributed by atoms with Crippen LogP contribution in [0.2, 0.25) is 5.02 Å². The Balaban J connectivity index is 2.17. The highest BCUT2D eigenvalue weighted by Crippen LogP contribution is 2.29. The fraction of sp³-hybridized carbons (Fsp3) is 0.188. The Morgan fingerprint density at radius 2 is 1.90 bits per heavy atom. The van der Waals surface area contributed by atoms with Gasteiger partial charge in [0, 0.05) is 9.50 Å². The van der Waals surface area contributed by atoms with Gasteiger partial charge in [-0.2, -0.15) is 0 Å². The van der Waals surface area contributed by atoms with E-state index in [0.717, 1.165) is 26.4 Å². The molecule has 1 atom stereocenters. The van der Waals surface area contributed by atoms with Gasteiger partial charge in [0.1, 0.15) is 5.82 Å². The molecule has 0 bridgehead atoms. The third kappa shape index (κ3) is 2.83. The molecular formula is C16H13BrCl2N2. The van der Waals surface area contributed by atoms with Gasteiger partial charge in [0.2, 0.25) is 0 Å². The quantitative estimate of drug-likeness (QED) is 0.522. The number of imidazole rings is 1. The molecular weight excluding hydrogens is 371 g/mol. The average molecular weight is 384 g/mol. The normalized spacial score (nSPS) is 12.8. The van der Waals surface area contributed by atoms with Crippen LogP contribution in [0.3, 0.4) is 0 Å². The van der Waals surface area contributed by atoms with Crippen molar-refractivity contribution in [2.75, 3.05) is 0 Å². The third-order valence-electron chi connectivity index (χ3n) is 3.58. The zero-order valence-electron chi connectivity index (χ0n) is 11.4. The summed E-state index contributed by atoms with van der Waals surface area (Å²) in [6, 6.07) is 14.1. The molecule has 0 aliphatic rings. The van der Waals surface area contributed by atoms with E-state index in [2.05, 4.69) is 38.5 Å². The van der Waals surface area contributed by atoms with Crippen molar-refractivity contribution in [2.45, 2.75) is 18.8 Å². The number of rotatable bonds is 3. The summed E-state index contributed by atoms with van der Waals surface area (Å²) >= 11 is 15.6. The van der Waals surface area contributed by atoms with E-state index in [1.807, 2.05) is 36.4 Å². The lowest BCUT2D eigenvalue weighted by Gasteiger charge is -2.17. The van der Waals surface area contributed by atoms with Crippen molar-refractivity contribution in [2.24, 2.45) is 0 Å². The molecule has 1 heterocycles. The van der Waals surface area contributed by atoms with Crippen LogP contribution in [0.4, 0.5) is 0 Å². The zero-order valence-corrected chi connectivity index (χ0v) is 14.5. The highest BCUT2D eigenvalue weighted by atomic mass is 79.9. The molecule has 0 fully saturated rings. The molecule has 2 nitrogen and oxygen atoms in total. The Morgan fingerprint density at radius 3 is 2.57 bits per heavy atom. The van der Waals surface area contributed by atoms with Crippen LogP contribution in [0.25, 0.3) is 11.0 Å². The maximum absolute atomic E-state index is 6.08. The Hall–Kier alpha value is -1.03. The molecule has 0 N–H and O–H groups in total. The second-order valence-corrected chi connectivity index (χ2v) is 6.51. The van der Waals surface area contributed by atoms with E-state index in [4.69, 9.17) is 23.2 Å². The van der Waals surface area contributed by atoms with Gasteiger partial charge >= 0.3 is 0 Å². The number of aromatic nitrogens is 2. The number of fused-ring (bicyclic) bond motifs is 1. The van der Waals surface area contributed by atoms with Crippen LogP contribution in [0, 0.1) is 0 Å². The number of halogens is 3. The second kappa shape index (κ2) is 5.99. The molecule has 108 valence electrons. The maximum atomic E-state index is 6.08. The van der Waals surface area contributed by atoms with E-state index in [0.29, 0.717) is 5.88 Å². The molecule has 2 aromatic carbocycles. The van der Waals surface area contributed by atoms with Crippen molar-refractivity contribution in [1.82, 2.24) is 9.55 Å². The number of hydrogen-bond acceptors (Lipinski definition) is 1. The number of benzene rings is 2. The van der Waals surface area contributed by atoms with Crippen LogP contribution in [-0.4, -0.2) is 9.55 Å². The predicted octanol–water partition coefficient (Wildman–Crippen LogP) is 5.80. The minimum Gasteiger partial charge on any atom is -0.320 e. The average Bonchev–Trinajstić information content (AvgIpc) is 2.85. The molecule has 1 aromatic heterocycles. The van der Waals surface area contributed by atoms with Crippen molar-refractivity contribution in [1.29, 1.82) is 0 Å². The van der Waals surface area contributed by atoms with Crippen LogP contribution in [0.1, 0.15) is 24.4 Å². The maximum Gasteiger partial charge on any atom is 0.125 e. The Morgan fingerprint density at radius 1 is 1.19 bits per heavy atom. The van der Waals surface area contributed by atoms with Crippen LogP contribution in [-0.2, 0) is 5.88 Å². The summed E-state index contributed by atoms with van der Waals surface area (Å²) in [6.45, 7) is 2.14. The molecule has 0 saturated carbocycles. The number of alkyl halides is 1. The van der Waals surface area contributed by atoms with Gasteiger partial charge in [-0.3, -0.25) is 0 Å². The fourth-order valence-electron chi connectivity index (χ4n) is 2.53. The van der Waals surface area contributed by atoms with Crippen LogP contribution in [0.15, 0.2) is 46.9 Å². The summed E-state index contributed by atoms with van der Waals surface area (Å²) in [7, 11) is 0. The third-order valence-corrected chi connectivity index (χ3v) is 4.57. The van der Waals surface area contributed by atoms with Gasteiger partial charge in [0.05, 0.1) is 23.0 Å². The molecule has 3 aromatic rings. The van der Waals surface area contributed by atoms with E-state index < -0.39 is 0 Å². The van der Waals surface area contributed by atoms with Gasteiger partial charge in [0.25, 0.3) is 0 Å². The van der Waals surface area contributed by atoms with E-state index in [1.165, 1.54) is 5.56 Å².